The minimum absolute atomic E-state index is 0.0166. The number of carbonyl (C=O) groups is 2. The van der Waals surface area contributed by atoms with Gasteiger partial charge in [0.05, 0.1) is 29.9 Å². The van der Waals surface area contributed by atoms with Crippen LogP contribution in [0.25, 0.3) is 0 Å². The van der Waals surface area contributed by atoms with Gasteiger partial charge in [-0.3, -0.25) is 4.79 Å². The summed E-state index contributed by atoms with van der Waals surface area (Å²) in [5.74, 6) is -2.56. The van der Waals surface area contributed by atoms with Crippen molar-refractivity contribution in [2.45, 2.75) is 19.4 Å². The van der Waals surface area contributed by atoms with Crippen LogP contribution < -0.4 is 5.32 Å². The van der Waals surface area contributed by atoms with Crippen LogP contribution in [0.3, 0.4) is 0 Å². The maximum absolute atomic E-state index is 13.0. The van der Waals surface area contributed by atoms with Crippen LogP contribution in [0, 0.1) is 11.7 Å². The minimum atomic E-state index is -1.29. The Labute approximate surface area is 109 Å². The Bertz CT molecular complexity index is 517. The van der Waals surface area contributed by atoms with E-state index in [0.717, 1.165) is 12.1 Å². The van der Waals surface area contributed by atoms with Crippen molar-refractivity contribution in [1.82, 2.24) is 0 Å². The van der Waals surface area contributed by atoms with E-state index in [9.17, 15) is 14.0 Å². The molecule has 1 amide bonds. The molecule has 0 spiro atoms. The number of benzene rings is 1. The molecule has 6 heteroatoms. The molecule has 1 saturated heterocycles. The van der Waals surface area contributed by atoms with E-state index in [1.807, 2.05) is 6.92 Å². The third kappa shape index (κ3) is 3.08. The van der Waals surface area contributed by atoms with Crippen molar-refractivity contribution in [3.8, 4) is 0 Å². The average molecular weight is 267 g/mol. The number of anilines is 1. The number of ether oxygens (including phenoxy) is 1. The van der Waals surface area contributed by atoms with Crippen LogP contribution >= 0.6 is 0 Å². The molecule has 2 unspecified atom stereocenters. The molecule has 2 atom stereocenters. The van der Waals surface area contributed by atoms with Crippen LogP contribution in [0.1, 0.15) is 23.7 Å². The van der Waals surface area contributed by atoms with E-state index in [2.05, 4.69) is 5.32 Å². The summed E-state index contributed by atoms with van der Waals surface area (Å²) in [7, 11) is 0. The highest BCUT2D eigenvalue weighted by molar-refractivity contribution is 6.01. The first-order valence-electron chi connectivity index (χ1n) is 5.92. The molecule has 0 saturated carbocycles. The molecule has 102 valence electrons. The Kier molecular flexibility index (Phi) is 3.80. The van der Waals surface area contributed by atoms with Crippen LogP contribution in [0.5, 0.6) is 0 Å². The van der Waals surface area contributed by atoms with Crippen LogP contribution in [0.2, 0.25) is 0 Å². The second-order valence-corrected chi connectivity index (χ2v) is 4.56. The maximum Gasteiger partial charge on any atom is 0.337 e. The fraction of sp³-hybridized carbons (Fsp3) is 0.385. The van der Waals surface area contributed by atoms with Crippen molar-refractivity contribution < 1.29 is 23.8 Å². The van der Waals surface area contributed by atoms with E-state index in [1.54, 1.807) is 0 Å². The molecule has 1 aliphatic heterocycles. The first-order valence-corrected chi connectivity index (χ1v) is 5.92. The van der Waals surface area contributed by atoms with E-state index >= 15 is 0 Å². The smallest absolute Gasteiger partial charge is 0.337 e. The zero-order valence-electron chi connectivity index (χ0n) is 10.4. The standard InChI is InChI=1S/C13H14FNO4/c1-7-4-8(6-19-7)12(16)15-11-3-2-9(14)5-10(11)13(17)18/h2-3,5,7-8H,4,6H2,1H3,(H,15,16)(H,17,18). The first kappa shape index (κ1) is 13.5. The third-order valence-electron chi connectivity index (χ3n) is 3.04. The van der Waals surface area contributed by atoms with E-state index < -0.39 is 11.8 Å². The SMILES string of the molecule is CC1CC(C(=O)Nc2ccc(F)cc2C(=O)O)CO1. The molecule has 19 heavy (non-hydrogen) atoms. The van der Waals surface area contributed by atoms with Gasteiger partial charge in [-0.1, -0.05) is 0 Å². The van der Waals surface area contributed by atoms with Crippen molar-refractivity contribution in [2.24, 2.45) is 5.92 Å². The van der Waals surface area contributed by atoms with Gasteiger partial charge in [0.15, 0.2) is 0 Å². The molecular formula is C13H14FNO4. The number of rotatable bonds is 3. The molecule has 0 aliphatic carbocycles. The number of nitrogens with one attached hydrogen (secondary N) is 1. The lowest BCUT2D eigenvalue weighted by atomic mass is 10.0. The highest BCUT2D eigenvalue weighted by Crippen LogP contribution is 2.23. The van der Waals surface area contributed by atoms with Gasteiger partial charge in [0, 0.05) is 0 Å². The summed E-state index contributed by atoms with van der Waals surface area (Å²) in [6, 6.07) is 3.23. The van der Waals surface area contributed by atoms with Crippen LogP contribution in [-0.2, 0) is 9.53 Å². The molecular weight excluding hydrogens is 253 g/mol. The fourth-order valence-corrected chi connectivity index (χ4v) is 2.04. The van der Waals surface area contributed by atoms with Crippen molar-refractivity contribution in [3.63, 3.8) is 0 Å². The van der Waals surface area contributed by atoms with E-state index in [4.69, 9.17) is 9.84 Å². The predicted molar refractivity (Wildman–Crippen MR) is 65.5 cm³/mol. The first-order chi connectivity index (χ1) is 8.97. The molecule has 1 aromatic rings. The highest BCUT2D eigenvalue weighted by Gasteiger charge is 2.29. The number of aromatic carboxylic acids is 1. The number of carboxylic acid groups (broad SMARTS) is 1. The number of hydrogen-bond donors (Lipinski definition) is 2. The number of hydrogen-bond acceptors (Lipinski definition) is 3. The van der Waals surface area contributed by atoms with Gasteiger partial charge in [-0.2, -0.15) is 0 Å². The largest absolute Gasteiger partial charge is 0.478 e. The lowest BCUT2D eigenvalue weighted by molar-refractivity contribution is -0.119. The van der Waals surface area contributed by atoms with Gasteiger partial charge in [-0.15, -0.1) is 0 Å². The second-order valence-electron chi connectivity index (χ2n) is 4.56. The van der Waals surface area contributed by atoms with E-state index in [0.29, 0.717) is 13.0 Å². The van der Waals surface area contributed by atoms with E-state index in [-0.39, 0.29) is 29.2 Å². The summed E-state index contributed by atoms with van der Waals surface area (Å²) in [4.78, 5) is 22.9. The molecule has 2 rings (SSSR count). The molecule has 1 fully saturated rings. The summed E-state index contributed by atoms with van der Waals surface area (Å²) in [5.41, 5.74) is -0.168. The van der Waals surface area contributed by atoms with Crippen LogP contribution in [-0.4, -0.2) is 29.7 Å². The normalized spacial score (nSPS) is 22.2. The van der Waals surface area contributed by atoms with Gasteiger partial charge in [0.1, 0.15) is 5.82 Å². The molecule has 1 aromatic carbocycles. The molecule has 5 nitrogen and oxygen atoms in total. The van der Waals surface area contributed by atoms with Gasteiger partial charge < -0.3 is 15.2 Å². The molecule has 2 N–H and O–H groups in total. The van der Waals surface area contributed by atoms with Crippen molar-refractivity contribution in [1.29, 1.82) is 0 Å². The summed E-state index contributed by atoms with van der Waals surface area (Å²) >= 11 is 0. The lowest BCUT2D eigenvalue weighted by Gasteiger charge is -2.11. The topological polar surface area (TPSA) is 75.6 Å². The number of carboxylic acids is 1. The Balaban J connectivity index is 2.14. The zero-order chi connectivity index (χ0) is 14.0. The monoisotopic (exact) mass is 267 g/mol. The fourth-order valence-electron chi connectivity index (χ4n) is 2.04. The Morgan fingerprint density at radius 3 is 2.79 bits per heavy atom. The molecule has 0 bridgehead atoms. The van der Waals surface area contributed by atoms with Gasteiger partial charge in [-0.05, 0) is 31.5 Å². The highest BCUT2D eigenvalue weighted by atomic mass is 19.1. The average Bonchev–Trinajstić information content (AvgIpc) is 2.78. The lowest BCUT2D eigenvalue weighted by Crippen LogP contribution is -2.24. The van der Waals surface area contributed by atoms with Gasteiger partial charge in [0.25, 0.3) is 0 Å². The minimum Gasteiger partial charge on any atom is -0.478 e. The summed E-state index contributed by atoms with van der Waals surface area (Å²) < 4.78 is 18.3. The summed E-state index contributed by atoms with van der Waals surface area (Å²) in [6.45, 7) is 2.18. The molecule has 0 radical (unpaired) electrons. The van der Waals surface area contributed by atoms with Crippen LogP contribution in [0.15, 0.2) is 18.2 Å². The number of carbonyl (C=O) groups excluding carboxylic acids is 1. The van der Waals surface area contributed by atoms with Gasteiger partial charge >= 0.3 is 5.97 Å². The second kappa shape index (κ2) is 5.36. The molecule has 0 aromatic heterocycles. The number of halogens is 1. The molecule has 1 heterocycles. The van der Waals surface area contributed by atoms with E-state index in [1.165, 1.54) is 6.07 Å². The van der Waals surface area contributed by atoms with Gasteiger partial charge in [0.2, 0.25) is 5.91 Å². The zero-order valence-corrected chi connectivity index (χ0v) is 10.4. The Hall–Kier alpha value is -1.95. The van der Waals surface area contributed by atoms with Gasteiger partial charge in [-0.25, -0.2) is 9.18 Å². The maximum atomic E-state index is 13.0. The van der Waals surface area contributed by atoms with Crippen molar-refractivity contribution in [3.05, 3.63) is 29.6 Å². The van der Waals surface area contributed by atoms with Crippen molar-refractivity contribution in [2.75, 3.05) is 11.9 Å². The third-order valence-corrected chi connectivity index (χ3v) is 3.04. The predicted octanol–water partition coefficient (Wildman–Crippen LogP) is 1.89. The Morgan fingerprint density at radius 2 is 2.21 bits per heavy atom. The Morgan fingerprint density at radius 1 is 1.47 bits per heavy atom. The number of amides is 1. The van der Waals surface area contributed by atoms with Crippen LogP contribution in [0.4, 0.5) is 10.1 Å². The molecule has 1 aliphatic rings. The summed E-state index contributed by atoms with van der Waals surface area (Å²) in [6.07, 6.45) is 0.609. The van der Waals surface area contributed by atoms with Crippen molar-refractivity contribution >= 4 is 17.6 Å². The quantitative estimate of drug-likeness (QED) is 0.876. The summed E-state index contributed by atoms with van der Waals surface area (Å²) in [5, 5.41) is 11.5.